The molecule has 13 aromatic rings. The third-order valence-corrected chi connectivity index (χ3v) is 13.0. The summed E-state index contributed by atoms with van der Waals surface area (Å²) in [6.07, 6.45) is 0. The van der Waals surface area contributed by atoms with Crippen LogP contribution in [-0.2, 0) is 0 Å². The van der Waals surface area contributed by atoms with Crippen LogP contribution in [-0.4, -0.2) is 9.97 Å². The Kier molecular flexibility index (Phi) is 8.53. The normalized spacial score (nSPS) is 11.7. The number of fused-ring (bicyclic) bond motifs is 11. The number of furan rings is 1. The SMILES string of the molecule is c1ccc(-c2cc(-c3cccc(-c4cccc(-c5ccc6c(c5)oc5c7ccccc7c(-c7ccc8c9ccccc9c9ccccc9c8c7)cc65)c4)c3)nc(-c3ccccc3)n2)cc1. The predicted molar refractivity (Wildman–Crippen MR) is 272 cm³/mol. The van der Waals surface area contributed by atoms with Crippen molar-refractivity contribution in [1.29, 1.82) is 0 Å². The van der Waals surface area contributed by atoms with E-state index in [-0.39, 0.29) is 0 Å². The Bertz CT molecular complexity index is 3910. The summed E-state index contributed by atoms with van der Waals surface area (Å²) >= 11 is 0. The summed E-state index contributed by atoms with van der Waals surface area (Å²) in [5, 5.41) is 12.2. The summed E-state index contributed by atoms with van der Waals surface area (Å²) < 4.78 is 6.85. The molecule has 0 aliphatic rings. The average molecular weight is 827 g/mol. The maximum Gasteiger partial charge on any atom is 0.160 e. The van der Waals surface area contributed by atoms with Crippen LogP contribution in [0.4, 0.5) is 0 Å². The highest BCUT2D eigenvalue weighted by molar-refractivity contribution is 6.26. The van der Waals surface area contributed by atoms with Crippen LogP contribution in [0.5, 0.6) is 0 Å². The molecule has 0 amide bonds. The first-order valence-electron chi connectivity index (χ1n) is 22.1. The van der Waals surface area contributed by atoms with Gasteiger partial charge in [-0.25, -0.2) is 9.97 Å². The molecular weight excluding hydrogens is 789 g/mol. The first kappa shape index (κ1) is 36.9. The molecule has 0 bridgehead atoms. The van der Waals surface area contributed by atoms with Gasteiger partial charge in [0.25, 0.3) is 0 Å². The fourth-order valence-corrected chi connectivity index (χ4v) is 9.90. The summed E-state index contributed by atoms with van der Waals surface area (Å²) in [6.45, 7) is 0. The van der Waals surface area contributed by atoms with Crippen LogP contribution in [0.1, 0.15) is 0 Å². The van der Waals surface area contributed by atoms with Crippen molar-refractivity contribution in [3.63, 3.8) is 0 Å². The zero-order valence-corrected chi connectivity index (χ0v) is 35.2. The minimum Gasteiger partial charge on any atom is -0.455 e. The van der Waals surface area contributed by atoms with E-state index in [1.54, 1.807) is 0 Å². The van der Waals surface area contributed by atoms with Gasteiger partial charge in [-0.1, -0.05) is 188 Å². The van der Waals surface area contributed by atoms with E-state index < -0.39 is 0 Å². The summed E-state index contributed by atoms with van der Waals surface area (Å²) in [6, 6.07) is 82.2. The Morgan fingerprint density at radius 1 is 0.246 bits per heavy atom. The molecule has 2 aromatic heterocycles. The molecule has 0 N–H and O–H groups in total. The van der Waals surface area contributed by atoms with E-state index in [1.165, 1.54) is 48.8 Å². The van der Waals surface area contributed by atoms with Crippen molar-refractivity contribution in [3.05, 3.63) is 231 Å². The maximum atomic E-state index is 6.85. The molecule has 0 aliphatic heterocycles. The molecule has 2 heterocycles. The lowest BCUT2D eigenvalue weighted by molar-refractivity contribution is 0.673. The van der Waals surface area contributed by atoms with Gasteiger partial charge in [0, 0.05) is 32.8 Å². The molecule has 0 unspecified atom stereocenters. The van der Waals surface area contributed by atoms with Crippen LogP contribution in [0.25, 0.3) is 132 Å². The lowest BCUT2D eigenvalue weighted by atomic mass is 9.90. The predicted octanol–water partition coefficient (Wildman–Crippen LogP) is 17.0. The zero-order valence-electron chi connectivity index (χ0n) is 35.2. The lowest BCUT2D eigenvalue weighted by Gasteiger charge is -2.13. The molecular formula is C62H38N2O. The molecule has 0 aliphatic carbocycles. The third-order valence-electron chi connectivity index (χ3n) is 13.0. The van der Waals surface area contributed by atoms with Gasteiger partial charge < -0.3 is 4.42 Å². The number of rotatable bonds is 6. The van der Waals surface area contributed by atoms with Crippen LogP contribution < -0.4 is 0 Å². The van der Waals surface area contributed by atoms with Crippen molar-refractivity contribution < 1.29 is 4.42 Å². The largest absolute Gasteiger partial charge is 0.455 e. The number of aromatic nitrogens is 2. The highest BCUT2D eigenvalue weighted by Gasteiger charge is 2.18. The van der Waals surface area contributed by atoms with Crippen molar-refractivity contribution in [2.75, 3.05) is 0 Å². The van der Waals surface area contributed by atoms with Crippen LogP contribution in [0.2, 0.25) is 0 Å². The van der Waals surface area contributed by atoms with Crippen molar-refractivity contribution >= 4 is 65.0 Å². The van der Waals surface area contributed by atoms with E-state index >= 15 is 0 Å². The smallest absolute Gasteiger partial charge is 0.160 e. The second-order valence-corrected chi connectivity index (χ2v) is 16.9. The van der Waals surface area contributed by atoms with Gasteiger partial charge in [-0.05, 0) is 114 Å². The maximum absolute atomic E-state index is 6.85. The lowest BCUT2D eigenvalue weighted by Crippen LogP contribution is -1.96. The van der Waals surface area contributed by atoms with Crippen LogP contribution in [0.3, 0.4) is 0 Å². The van der Waals surface area contributed by atoms with Gasteiger partial charge in [-0.2, -0.15) is 0 Å². The summed E-state index contributed by atoms with van der Waals surface area (Å²) in [5.74, 6) is 0.704. The summed E-state index contributed by atoms with van der Waals surface area (Å²) in [5.41, 5.74) is 13.5. The Labute approximate surface area is 375 Å². The van der Waals surface area contributed by atoms with E-state index in [0.29, 0.717) is 5.82 Å². The van der Waals surface area contributed by atoms with Crippen molar-refractivity contribution in [2.45, 2.75) is 0 Å². The van der Waals surface area contributed by atoms with Crippen molar-refractivity contribution in [3.8, 4) is 67.3 Å². The highest BCUT2D eigenvalue weighted by atomic mass is 16.3. The summed E-state index contributed by atoms with van der Waals surface area (Å²) in [7, 11) is 0. The van der Waals surface area contributed by atoms with Gasteiger partial charge in [0.05, 0.1) is 11.4 Å². The van der Waals surface area contributed by atoms with Crippen molar-refractivity contribution in [2.24, 2.45) is 0 Å². The van der Waals surface area contributed by atoms with E-state index in [1.807, 2.05) is 36.4 Å². The molecule has 302 valence electrons. The molecule has 65 heavy (non-hydrogen) atoms. The van der Waals surface area contributed by atoms with Gasteiger partial charge in [0.1, 0.15) is 11.2 Å². The number of benzene rings is 11. The van der Waals surface area contributed by atoms with Gasteiger partial charge >= 0.3 is 0 Å². The molecule has 13 rings (SSSR count). The molecule has 11 aromatic carbocycles. The van der Waals surface area contributed by atoms with Gasteiger partial charge in [-0.15, -0.1) is 0 Å². The topological polar surface area (TPSA) is 38.9 Å². The zero-order chi connectivity index (χ0) is 42.8. The van der Waals surface area contributed by atoms with E-state index in [2.05, 4.69) is 194 Å². The second kappa shape index (κ2) is 15.0. The van der Waals surface area contributed by atoms with Gasteiger partial charge in [0.15, 0.2) is 5.82 Å². The minimum absolute atomic E-state index is 0.704. The molecule has 0 spiro atoms. The minimum atomic E-state index is 0.704. The van der Waals surface area contributed by atoms with E-state index in [0.717, 1.165) is 77.7 Å². The van der Waals surface area contributed by atoms with Crippen LogP contribution >= 0.6 is 0 Å². The van der Waals surface area contributed by atoms with E-state index in [4.69, 9.17) is 14.4 Å². The highest BCUT2D eigenvalue weighted by Crippen LogP contribution is 2.43. The number of hydrogen-bond donors (Lipinski definition) is 0. The quantitative estimate of drug-likeness (QED) is 0.157. The van der Waals surface area contributed by atoms with E-state index in [9.17, 15) is 0 Å². The molecule has 3 heteroatoms. The second-order valence-electron chi connectivity index (χ2n) is 16.9. The molecule has 0 saturated carbocycles. The Hall–Kier alpha value is -8.66. The summed E-state index contributed by atoms with van der Waals surface area (Å²) in [4.78, 5) is 10.1. The third kappa shape index (κ3) is 6.28. The fourth-order valence-electron chi connectivity index (χ4n) is 9.90. The van der Waals surface area contributed by atoms with Crippen LogP contribution in [0, 0.1) is 0 Å². The standard InChI is InChI=1S/C62H38N2O/c1-3-15-39(16-4-1)58-38-59(64-62(63-58)40-17-5-2-6-18-40)46-22-14-21-43(34-46)41-19-13-20-42(33-41)44-29-32-53-57-37-55(51-27-11-12-28-54(51)61(57)65-60(53)36-44)45-30-31-52-49-25-8-7-23-47(49)48-24-9-10-26-50(48)56(52)35-45/h1-38H. The molecule has 0 fully saturated rings. The molecule has 0 radical (unpaired) electrons. The first-order chi connectivity index (χ1) is 32.2. The number of hydrogen-bond acceptors (Lipinski definition) is 3. The molecule has 3 nitrogen and oxygen atoms in total. The fraction of sp³-hybridized carbons (Fsp3) is 0. The van der Waals surface area contributed by atoms with Crippen molar-refractivity contribution in [1.82, 2.24) is 9.97 Å². The Balaban J connectivity index is 0.892. The van der Waals surface area contributed by atoms with Gasteiger partial charge in [-0.3, -0.25) is 0 Å². The monoisotopic (exact) mass is 826 g/mol. The van der Waals surface area contributed by atoms with Gasteiger partial charge in [0.2, 0.25) is 0 Å². The Morgan fingerprint density at radius 3 is 1.37 bits per heavy atom. The first-order valence-corrected chi connectivity index (χ1v) is 22.1. The average Bonchev–Trinajstić information content (AvgIpc) is 3.77. The molecule has 0 saturated heterocycles. The molecule has 0 atom stereocenters. The number of nitrogens with zero attached hydrogens (tertiary/aromatic N) is 2. The van der Waals surface area contributed by atoms with Crippen LogP contribution in [0.15, 0.2) is 235 Å². The Morgan fingerprint density at radius 2 is 0.708 bits per heavy atom.